The van der Waals surface area contributed by atoms with E-state index >= 15 is 0 Å². The molecule has 0 radical (unpaired) electrons. The number of rotatable bonds is 7. The molecule has 26 heavy (non-hydrogen) atoms. The number of carbonyl (C=O) groups is 1. The van der Waals surface area contributed by atoms with Crippen molar-refractivity contribution >= 4 is 5.91 Å². The number of amides is 1. The molecule has 0 saturated heterocycles. The predicted octanol–water partition coefficient (Wildman–Crippen LogP) is 2.43. The summed E-state index contributed by atoms with van der Waals surface area (Å²) in [5.74, 6) is 1.21. The SMILES string of the molecule is CCCCn1nc(C(=O)N(CC)Cc2ccc3c(c2)OCO3)ccc1=O. The molecule has 3 rings (SSSR count). The van der Waals surface area contributed by atoms with Gasteiger partial charge in [0.2, 0.25) is 6.79 Å². The van der Waals surface area contributed by atoms with Crippen LogP contribution in [-0.4, -0.2) is 33.9 Å². The third-order valence-electron chi connectivity index (χ3n) is 4.29. The van der Waals surface area contributed by atoms with Crippen LogP contribution in [0.3, 0.4) is 0 Å². The van der Waals surface area contributed by atoms with Crippen molar-refractivity contribution in [1.29, 1.82) is 0 Å². The summed E-state index contributed by atoms with van der Waals surface area (Å²) in [5, 5.41) is 4.25. The number of ether oxygens (including phenoxy) is 2. The van der Waals surface area contributed by atoms with E-state index in [0.717, 1.165) is 18.4 Å². The van der Waals surface area contributed by atoms with Gasteiger partial charge in [0.25, 0.3) is 11.5 Å². The van der Waals surface area contributed by atoms with Crippen LogP contribution >= 0.6 is 0 Å². The van der Waals surface area contributed by atoms with Crippen LogP contribution in [0.25, 0.3) is 0 Å². The average molecular weight is 357 g/mol. The van der Waals surface area contributed by atoms with Crippen molar-refractivity contribution in [3.63, 3.8) is 0 Å². The highest BCUT2D eigenvalue weighted by atomic mass is 16.7. The second kappa shape index (κ2) is 8.03. The third kappa shape index (κ3) is 3.87. The first kappa shape index (κ1) is 18.0. The fourth-order valence-corrected chi connectivity index (χ4v) is 2.78. The second-order valence-corrected chi connectivity index (χ2v) is 6.14. The summed E-state index contributed by atoms with van der Waals surface area (Å²) >= 11 is 0. The van der Waals surface area contributed by atoms with Crippen molar-refractivity contribution in [2.45, 2.75) is 39.8 Å². The van der Waals surface area contributed by atoms with E-state index in [0.29, 0.717) is 31.1 Å². The lowest BCUT2D eigenvalue weighted by atomic mass is 10.2. The number of aromatic nitrogens is 2. The van der Waals surface area contributed by atoms with Crippen molar-refractivity contribution in [1.82, 2.24) is 14.7 Å². The zero-order valence-electron chi connectivity index (χ0n) is 15.1. The Bertz CT molecular complexity index is 847. The smallest absolute Gasteiger partial charge is 0.274 e. The number of carbonyl (C=O) groups excluding carboxylic acids is 1. The standard InChI is InChI=1S/C19H23N3O4/c1-3-5-10-22-18(23)9-7-15(20-22)19(24)21(4-2)12-14-6-8-16-17(11-14)26-13-25-16/h6-9,11H,3-5,10,12-13H2,1-2H3. The molecule has 0 bridgehead atoms. The Morgan fingerprint density at radius 2 is 2.00 bits per heavy atom. The van der Waals surface area contributed by atoms with Crippen LogP contribution < -0.4 is 15.0 Å². The fraction of sp³-hybridized carbons (Fsp3) is 0.421. The van der Waals surface area contributed by atoms with Crippen LogP contribution in [0.1, 0.15) is 42.7 Å². The minimum atomic E-state index is -0.199. The fourth-order valence-electron chi connectivity index (χ4n) is 2.78. The molecule has 0 N–H and O–H groups in total. The molecule has 1 aromatic carbocycles. The van der Waals surface area contributed by atoms with Crippen molar-refractivity contribution in [3.05, 3.63) is 51.9 Å². The number of aryl methyl sites for hydroxylation is 1. The van der Waals surface area contributed by atoms with Crippen LogP contribution in [0, 0.1) is 0 Å². The zero-order chi connectivity index (χ0) is 18.5. The van der Waals surface area contributed by atoms with Gasteiger partial charge in [-0.05, 0) is 37.1 Å². The van der Waals surface area contributed by atoms with Crippen LogP contribution in [0.5, 0.6) is 11.5 Å². The van der Waals surface area contributed by atoms with E-state index in [1.807, 2.05) is 32.0 Å². The summed E-state index contributed by atoms with van der Waals surface area (Å²) in [6.45, 7) is 5.66. The van der Waals surface area contributed by atoms with Gasteiger partial charge in [-0.2, -0.15) is 5.10 Å². The Balaban J connectivity index is 1.77. The number of fused-ring (bicyclic) bond motifs is 1. The number of hydrogen-bond donors (Lipinski definition) is 0. The van der Waals surface area contributed by atoms with E-state index in [9.17, 15) is 9.59 Å². The number of benzene rings is 1. The molecule has 7 heteroatoms. The molecular weight excluding hydrogens is 334 g/mol. The van der Waals surface area contributed by atoms with Gasteiger partial charge in [-0.15, -0.1) is 0 Å². The highest BCUT2D eigenvalue weighted by Crippen LogP contribution is 2.32. The van der Waals surface area contributed by atoms with Crippen LogP contribution in [-0.2, 0) is 13.1 Å². The summed E-state index contributed by atoms with van der Waals surface area (Å²) < 4.78 is 12.1. The molecule has 0 aliphatic carbocycles. The van der Waals surface area contributed by atoms with Gasteiger partial charge in [0.05, 0.1) is 0 Å². The van der Waals surface area contributed by atoms with E-state index in [1.165, 1.54) is 16.8 Å². The molecule has 0 saturated carbocycles. The summed E-state index contributed by atoms with van der Waals surface area (Å²) in [6.07, 6.45) is 1.80. The van der Waals surface area contributed by atoms with Crippen molar-refractivity contribution in [3.8, 4) is 11.5 Å². The minimum absolute atomic E-state index is 0.186. The Labute approximate surface area is 152 Å². The lowest BCUT2D eigenvalue weighted by Gasteiger charge is -2.21. The zero-order valence-corrected chi connectivity index (χ0v) is 15.1. The first-order valence-electron chi connectivity index (χ1n) is 8.88. The molecular formula is C19H23N3O4. The van der Waals surface area contributed by atoms with E-state index in [-0.39, 0.29) is 24.0 Å². The Hall–Kier alpha value is -2.83. The molecule has 1 aliphatic heterocycles. The van der Waals surface area contributed by atoms with E-state index in [2.05, 4.69) is 5.10 Å². The van der Waals surface area contributed by atoms with Crippen LogP contribution in [0.4, 0.5) is 0 Å². The normalized spacial score (nSPS) is 12.2. The molecule has 2 aromatic rings. The van der Waals surface area contributed by atoms with Gasteiger partial charge in [0.1, 0.15) is 5.69 Å². The first-order valence-corrected chi connectivity index (χ1v) is 8.88. The molecule has 138 valence electrons. The molecule has 7 nitrogen and oxygen atoms in total. The Kier molecular flexibility index (Phi) is 5.55. The molecule has 2 heterocycles. The van der Waals surface area contributed by atoms with Gasteiger partial charge in [0, 0.05) is 25.7 Å². The molecule has 1 aliphatic rings. The second-order valence-electron chi connectivity index (χ2n) is 6.14. The molecule has 0 unspecified atom stereocenters. The number of nitrogens with zero attached hydrogens (tertiary/aromatic N) is 3. The van der Waals surface area contributed by atoms with E-state index in [4.69, 9.17) is 9.47 Å². The van der Waals surface area contributed by atoms with Crippen molar-refractivity contribution < 1.29 is 14.3 Å². The van der Waals surface area contributed by atoms with Gasteiger partial charge in [-0.1, -0.05) is 19.4 Å². The van der Waals surface area contributed by atoms with Crippen molar-refractivity contribution in [2.24, 2.45) is 0 Å². The molecule has 0 spiro atoms. The van der Waals surface area contributed by atoms with Gasteiger partial charge >= 0.3 is 0 Å². The molecule has 0 atom stereocenters. The maximum atomic E-state index is 12.8. The molecule has 1 aromatic heterocycles. The van der Waals surface area contributed by atoms with E-state index < -0.39 is 0 Å². The summed E-state index contributed by atoms with van der Waals surface area (Å²) in [4.78, 5) is 26.4. The highest BCUT2D eigenvalue weighted by molar-refractivity contribution is 5.92. The maximum absolute atomic E-state index is 12.8. The highest BCUT2D eigenvalue weighted by Gasteiger charge is 2.19. The maximum Gasteiger partial charge on any atom is 0.274 e. The number of hydrogen-bond acceptors (Lipinski definition) is 5. The monoisotopic (exact) mass is 357 g/mol. The van der Waals surface area contributed by atoms with E-state index in [1.54, 1.807) is 4.90 Å². The summed E-state index contributed by atoms with van der Waals surface area (Å²) in [6, 6.07) is 8.55. The first-order chi connectivity index (χ1) is 12.6. The largest absolute Gasteiger partial charge is 0.454 e. The van der Waals surface area contributed by atoms with Crippen LogP contribution in [0.2, 0.25) is 0 Å². The predicted molar refractivity (Wildman–Crippen MR) is 96.4 cm³/mol. The summed E-state index contributed by atoms with van der Waals surface area (Å²) in [7, 11) is 0. The van der Waals surface area contributed by atoms with Gasteiger partial charge in [-0.3, -0.25) is 9.59 Å². The topological polar surface area (TPSA) is 73.7 Å². The average Bonchev–Trinajstić information content (AvgIpc) is 3.12. The number of unbranched alkanes of at least 4 members (excludes halogenated alkanes) is 1. The lowest BCUT2D eigenvalue weighted by molar-refractivity contribution is 0.0743. The lowest BCUT2D eigenvalue weighted by Crippen LogP contribution is -2.33. The Morgan fingerprint density at radius 3 is 2.77 bits per heavy atom. The summed E-state index contributed by atoms with van der Waals surface area (Å²) in [5.41, 5.74) is 1.04. The van der Waals surface area contributed by atoms with Crippen LogP contribution in [0.15, 0.2) is 35.1 Å². The van der Waals surface area contributed by atoms with Gasteiger partial charge < -0.3 is 14.4 Å². The van der Waals surface area contributed by atoms with Gasteiger partial charge in [-0.25, -0.2) is 4.68 Å². The third-order valence-corrected chi connectivity index (χ3v) is 4.29. The minimum Gasteiger partial charge on any atom is -0.454 e. The van der Waals surface area contributed by atoms with Crippen molar-refractivity contribution in [2.75, 3.05) is 13.3 Å². The van der Waals surface area contributed by atoms with Gasteiger partial charge in [0.15, 0.2) is 11.5 Å². The quantitative estimate of drug-likeness (QED) is 0.761. The molecule has 1 amide bonds. The Morgan fingerprint density at radius 1 is 1.19 bits per heavy atom. The molecule has 0 fully saturated rings.